The van der Waals surface area contributed by atoms with Gasteiger partial charge in [-0.25, -0.2) is 0 Å². The van der Waals surface area contributed by atoms with Crippen molar-refractivity contribution in [1.29, 1.82) is 0 Å². The van der Waals surface area contributed by atoms with Gasteiger partial charge in [-0.2, -0.15) is 0 Å². The van der Waals surface area contributed by atoms with Crippen LogP contribution in [0.15, 0.2) is 0 Å². The lowest BCUT2D eigenvalue weighted by molar-refractivity contribution is 0.154. The Labute approximate surface area is 121 Å². The number of nitrogens with two attached hydrogens (primary N) is 1. The first-order valence-corrected chi connectivity index (χ1v) is 8.77. The van der Waals surface area contributed by atoms with Gasteiger partial charge in [0.2, 0.25) is 0 Å². The molecular weight excluding hydrogens is 232 g/mol. The summed E-state index contributed by atoms with van der Waals surface area (Å²) in [7, 11) is 0. The Bertz CT molecular complexity index is 197. The lowest BCUT2D eigenvalue weighted by atomic mass is 9.90. The van der Waals surface area contributed by atoms with Gasteiger partial charge >= 0.3 is 0 Å². The van der Waals surface area contributed by atoms with Crippen molar-refractivity contribution in [1.82, 2.24) is 4.90 Å². The molecule has 0 bridgehead atoms. The monoisotopic (exact) mass is 268 g/mol. The molecule has 1 aliphatic carbocycles. The van der Waals surface area contributed by atoms with Crippen LogP contribution < -0.4 is 5.73 Å². The van der Waals surface area contributed by atoms with Crippen molar-refractivity contribution in [2.75, 3.05) is 13.1 Å². The van der Waals surface area contributed by atoms with Gasteiger partial charge in [-0.05, 0) is 45.2 Å². The van der Waals surface area contributed by atoms with Crippen LogP contribution in [0.5, 0.6) is 0 Å². The number of hydrogen-bond donors (Lipinski definition) is 1. The molecule has 114 valence electrons. The molecular formula is C17H36N2. The molecule has 0 aromatic carbocycles. The van der Waals surface area contributed by atoms with Gasteiger partial charge in [0.25, 0.3) is 0 Å². The molecule has 0 spiro atoms. The highest BCUT2D eigenvalue weighted by molar-refractivity contribution is 4.80. The lowest BCUT2D eigenvalue weighted by Crippen LogP contribution is -2.41. The van der Waals surface area contributed by atoms with E-state index in [1.165, 1.54) is 83.7 Å². The number of hydrogen-bond acceptors (Lipinski definition) is 2. The third-order valence-corrected chi connectivity index (χ3v) is 4.71. The van der Waals surface area contributed by atoms with Crippen molar-refractivity contribution in [3.05, 3.63) is 0 Å². The number of nitrogens with zero attached hydrogens (tertiary/aromatic N) is 1. The van der Waals surface area contributed by atoms with Crippen LogP contribution in [0.1, 0.15) is 84.5 Å². The minimum absolute atomic E-state index is 0.480. The molecule has 0 aliphatic heterocycles. The molecule has 1 rings (SSSR count). The van der Waals surface area contributed by atoms with E-state index >= 15 is 0 Å². The molecule has 0 radical (unpaired) electrons. The van der Waals surface area contributed by atoms with Crippen LogP contribution in [0, 0.1) is 0 Å². The summed E-state index contributed by atoms with van der Waals surface area (Å²) in [6.45, 7) is 7.13. The molecule has 0 amide bonds. The van der Waals surface area contributed by atoms with E-state index in [0.717, 1.165) is 6.04 Å². The normalized spacial score (nSPS) is 24.0. The zero-order valence-corrected chi connectivity index (χ0v) is 13.4. The molecule has 2 heteroatoms. The maximum Gasteiger partial charge on any atom is 0.00962 e. The van der Waals surface area contributed by atoms with E-state index in [1.54, 1.807) is 0 Å². The number of rotatable bonds is 10. The van der Waals surface area contributed by atoms with Crippen LogP contribution in [0.25, 0.3) is 0 Å². The summed E-state index contributed by atoms with van der Waals surface area (Å²) in [5, 5.41) is 0. The highest BCUT2D eigenvalue weighted by atomic mass is 15.1. The Morgan fingerprint density at radius 2 is 1.42 bits per heavy atom. The average molecular weight is 268 g/mol. The summed E-state index contributed by atoms with van der Waals surface area (Å²) in [6.07, 6.45) is 15.0. The predicted molar refractivity (Wildman–Crippen MR) is 85.5 cm³/mol. The number of unbranched alkanes of at least 4 members (excludes halogenated alkanes) is 6. The first-order valence-electron chi connectivity index (χ1n) is 8.77. The summed E-state index contributed by atoms with van der Waals surface area (Å²) in [4.78, 5) is 2.71. The Kier molecular flexibility index (Phi) is 9.54. The van der Waals surface area contributed by atoms with Gasteiger partial charge in [0, 0.05) is 12.1 Å². The van der Waals surface area contributed by atoms with Gasteiger partial charge < -0.3 is 10.6 Å². The molecule has 0 heterocycles. The van der Waals surface area contributed by atoms with Crippen LogP contribution >= 0.6 is 0 Å². The molecule has 2 N–H and O–H groups in total. The summed E-state index contributed by atoms with van der Waals surface area (Å²) < 4.78 is 0. The highest BCUT2D eigenvalue weighted by Gasteiger charge is 2.22. The Hall–Kier alpha value is -0.0800. The quantitative estimate of drug-likeness (QED) is 0.598. The van der Waals surface area contributed by atoms with E-state index in [-0.39, 0.29) is 0 Å². The zero-order chi connectivity index (χ0) is 13.9. The van der Waals surface area contributed by atoms with Gasteiger partial charge in [-0.1, -0.05) is 52.4 Å². The highest BCUT2D eigenvalue weighted by Crippen LogP contribution is 2.22. The fourth-order valence-corrected chi connectivity index (χ4v) is 3.34. The van der Waals surface area contributed by atoms with Gasteiger partial charge in [0.15, 0.2) is 0 Å². The molecule has 0 saturated heterocycles. The molecule has 0 aromatic heterocycles. The van der Waals surface area contributed by atoms with E-state index < -0.39 is 0 Å². The molecule has 1 saturated carbocycles. The van der Waals surface area contributed by atoms with Crippen molar-refractivity contribution < 1.29 is 0 Å². The van der Waals surface area contributed by atoms with E-state index in [2.05, 4.69) is 18.7 Å². The molecule has 0 aromatic rings. The summed E-state index contributed by atoms with van der Waals surface area (Å²) in [6, 6.07) is 1.30. The maximum absolute atomic E-state index is 6.00. The Morgan fingerprint density at radius 3 is 2.00 bits per heavy atom. The second-order valence-corrected chi connectivity index (χ2v) is 6.32. The summed E-state index contributed by atoms with van der Waals surface area (Å²) in [5.74, 6) is 0. The average Bonchev–Trinajstić information content (AvgIpc) is 2.43. The van der Waals surface area contributed by atoms with E-state index in [0.29, 0.717) is 6.04 Å². The largest absolute Gasteiger partial charge is 0.328 e. The van der Waals surface area contributed by atoms with Crippen LogP contribution in [0.4, 0.5) is 0 Å². The fraction of sp³-hybridized carbons (Fsp3) is 1.00. The maximum atomic E-state index is 6.00. The molecule has 0 atom stereocenters. The van der Waals surface area contributed by atoms with Gasteiger partial charge in [-0.3, -0.25) is 0 Å². The van der Waals surface area contributed by atoms with Crippen LogP contribution in [-0.4, -0.2) is 30.1 Å². The van der Waals surface area contributed by atoms with Gasteiger partial charge in [0.05, 0.1) is 0 Å². The first kappa shape index (κ1) is 17.0. The summed E-state index contributed by atoms with van der Waals surface area (Å²) in [5.41, 5.74) is 6.00. The first-order chi connectivity index (χ1) is 9.27. The smallest absolute Gasteiger partial charge is 0.00962 e. The van der Waals surface area contributed by atoms with Crippen molar-refractivity contribution in [2.24, 2.45) is 5.73 Å². The van der Waals surface area contributed by atoms with Gasteiger partial charge in [0.1, 0.15) is 0 Å². The third kappa shape index (κ3) is 7.31. The predicted octanol–water partition coefficient (Wildman–Crippen LogP) is 4.33. The van der Waals surface area contributed by atoms with Crippen molar-refractivity contribution in [2.45, 2.75) is 96.6 Å². The molecule has 2 nitrogen and oxygen atoms in total. The SMILES string of the molecule is CCCCCCCCCN(CC)C1CCC(N)CC1. The minimum atomic E-state index is 0.480. The minimum Gasteiger partial charge on any atom is -0.328 e. The molecule has 19 heavy (non-hydrogen) atoms. The van der Waals surface area contributed by atoms with Crippen molar-refractivity contribution in [3.8, 4) is 0 Å². The van der Waals surface area contributed by atoms with E-state index in [4.69, 9.17) is 5.73 Å². The second kappa shape index (κ2) is 10.7. The second-order valence-electron chi connectivity index (χ2n) is 6.32. The summed E-state index contributed by atoms with van der Waals surface area (Å²) >= 11 is 0. The van der Waals surface area contributed by atoms with Crippen LogP contribution in [0.3, 0.4) is 0 Å². The molecule has 1 aliphatic rings. The fourth-order valence-electron chi connectivity index (χ4n) is 3.34. The van der Waals surface area contributed by atoms with Crippen LogP contribution in [0.2, 0.25) is 0 Å². The topological polar surface area (TPSA) is 29.3 Å². The molecule has 1 fully saturated rings. The van der Waals surface area contributed by atoms with Crippen molar-refractivity contribution >= 4 is 0 Å². The Morgan fingerprint density at radius 1 is 0.842 bits per heavy atom. The Balaban J connectivity index is 2.05. The third-order valence-electron chi connectivity index (χ3n) is 4.71. The zero-order valence-electron chi connectivity index (χ0n) is 13.4. The van der Waals surface area contributed by atoms with Crippen LogP contribution in [-0.2, 0) is 0 Å². The van der Waals surface area contributed by atoms with Gasteiger partial charge in [-0.15, -0.1) is 0 Å². The van der Waals surface area contributed by atoms with E-state index in [9.17, 15) is 0 Å². The van der Waals surface area contributed by atoms with E-state index in [1.807, 2.05) is 0 Å². The lowest BCUT2D eigenvalue weighted by Gasteiger charge is -2.35. The van der Waals surface area contributed by atoms with Crippen molar-refractivity contribution in [3.63, 3.8) is 0 Å². The molecule has 0 unspecified atom stereocenters. The standard InChI is InChI=1S/C17H36N2/c1-3-5-6-7-8-9-10-15-19(4-2)17-13-11-16(18)12-14-17/h16-17H,3-15,18H2,1-2H3.